The summed E-state index contributed by atoms with van der Waals surface area (Å²) in [5, 5.41) is 12.1. The van der Waals surface area contributed by atoms with Gasteiger partial charge in [-0.25, -0.2) is 0 Å². The van der Waals surface area contributed by atoms with Crippen molar-refractivity contribution in [3.8, 4) is 0 Å². The highest BCUT2D eigenvalue weighted by molar-refractivity contribution is 5.70. The third-order valence-electron chi connectivity index (χ3n) is 3.12. The second kappa shape index (κ2) is 5.12. The molecule has 3 nitrogen and oxygen atoms in total. The number of hydrogen-bond donors (Lipinski definition) is 2. The van der Waals surface area contributed by atoms with E-state index in [1.807, 2.05) is 18.2 Å². The summed E-state index contributed by atoms with van der Waals surface area (Å²) in [5.41, 5.74) is 2.20. The number of piperidine rings is 1. The van der Waals surface area contributed by atoms with Crippen LogP contribution in [0.2, 0.25) is 0 Å². The van der Waals surface area contributed by atoms with Crippen LogP contribution in [-0.2, 0) is 11.2 Å². The Kier molecular flexibility index (Phi) is 3.57. The third kappa shape index (κ3) is 2.83. The minimum atomic E-state index is -0.762. The molecule has 1 saturated heterocycles. The molecule has 0 aromatic heterocycles. The Balaban J connectivity index is 2.11. The van der Waals surface area contributed by atoms with Crippen molar-refractivity contribution in [1.29, 1.82) is 0 Å². The van der Waals surface area contributed by atoms with Crippen LogP contribution in [0.3, 0.4) is 0 Å². The summed E-state index contributed by atoms with van der Waals surface area (Å²) in [4.78, 5) is 10.6. The van der Waals surface area contributed by atoms with Crippen LogP contribution in [0, 0.1) is 0 Å². The number of benzene rings is 1. The smallest absolute Gasteiger partial charge is 0.307 e. The molecular weight excluding hydrogens is 202 g/mol. The summed E-state index contributed by atoms with van der Waals surface area (Å²) in [6.07, 6.45) is 2.42. The molecule has 1 heterocycles. The highest BCUT2D eigenvalue weighted by Gasteiger charge is 2.15. The first-order valence-corrected chi connectivity index (χ1v) is 5.77. The Bertz CT molecular complexity index is 370. The van der Waals surface area contributed by atoms with Gasteiger partial charge in [0.2, 0.25) is 0 Å². The zero-order valence-electron chi connectivity index (χ0n) is 9.28. The van der Waals surface area contributed by atoms with E-state index < -0.39 is 5.97 Å². The number of carboxylic acid groups (broad SMARTS) is 1. The summed E-state index contributed by atoms with van der Waals surface area (Å²) in [5.74, 6) is -0.169. The number of nitrogens with one attached hydrogen (secondary N) is 1. The minimum absolute atomic E-state index is 0.124. The molecule has 2 rings (SSSR count). The van der Waals surface area contributed by atoms with E-state index in [0.29, 0.717) is 5.92 Å². The monoisotopic (exact) mass is 219 g/mol. The molecular formula is C13H17NO2. The normalized spacial score (nSPS) is 17.2. The fourth-order valence-electron chi connectivity index (χ4n) is 2.29. The lowest BCUT2D eigenvalue weighted by Gasteiger charge is -2.23. The van der Waals surface area contributed by atoms with Gasteiger partial charge in [-0.3, -0.25) is 4.79 Å². The van der Waals surface area contributed by atoms with E-state index in [1.54, 1.807) is 0 Å². The molecule has 1 aliphatic rings. The molecule has 3 heteroatoms. The number of aliphatic carboxylic acids is 1. The molecule has 2 N–H and O–H groups in total. The lowest BCUT2D eigenvalue weighted by molar-refractivity contribution is -0.136. The zero-order valence-corrected chi connectivity index (χ0v) is 9.28. The molecule has 0 radical (unpaired) electrons. The summed E-state index contributed by atoms with van der Waals surface area (Å²) in [7, 11) is 0. The van der Waals surface area contributed by atoms with Crippen LogP contribution < -0.4 is 5.32 Å². The standard InChI is InChI=1S/C13H17NO2/c15-13(16)9-10-2-1-3-12(8-10)11-4-6-14-7-5-11/h1-3,8,11,14H,4-7,9H2,(H,15,16). The quantitative estimate of drug-likeness (QED) is 0.814. The Hall–Kier alpha value is -1.35. The fraction of sp³-hybridized carbons (Fsp3) is 0.462. The van der Waals surface area contributed by atoms with Crippen molar-refractivity contribution >= 4 is 5.97 Å². The molecule has 0 spiro atoms. The SMILES string of the molecule is O=C(O)Cc1cccc(C2CCNCC2)c1. The lowest BCUT2D eigenvalue weighted by atomic mass is 9.89. The van der Waals surface area contributed by atoms with Gasteiger partial charge in [-0.05, 0) is 43.0 Å². The van der Waals surface area contributed by atoms with Crippen molar-refractivity contribution in [1.82, 2.24) is 5.32 Å². The van der Waals surface area contributed by atoms with Crippen molar-refractivity contribution in [2.45, 2.75) is 25.2 Å². The van der Waals surface area contributed by atoms with Gasteiger partial charge in [0.25, 0.3) is 0 Å². The molecule has 16 heavy (non-hydrogen) atoms. The molecule has 0 bridgehead atoms. The maximum atomic E-state index is 10.6. The Labute approximate surface area is 95.5 Å². The maximum Gasteiger partial charge on any atom is 0.307 e. The molecule has 0 aliphatic carbocycles. The molecule has 1 aromatic carbocycles. The predicted octanol–water partition coefficient (Wildman–Crippen LogP) is 1.78. The number of carbonyl (C=O) groups is 1. The molecule has 86 valence electrons. The molecule has 1 aliphatic heterocycles. The van der Waals surface area contributed by atoms with Crippen molar-refractivity contribution in [3.05, 3.63) is 35.4 Å². The second-order valence-electron chi connectivity index (χ2n) is 4.34. The molecule has 1 fully saturated rings. The Morgan fingerprint density at radius 1 is 1.38 bits per heavy atom. The van der Waals surface area contributed by atoms with Gasteiger partial charge in [0.15, 0.2) is 0 Å². The van der Waals surface area contributed by atoms with Crippen LogP contribution in [0.5, 0.6) is 0 Å². The summed E-state index contributed by atoms with van der Waals surface area (Å²) in [6, 6.07) is 8.01. The van der Waals surface area contributed by atoms with E-state index in [2.05, 4.69) is 11.4 Å². The molecule has 0 unspecified atom stereocenters. The summed E-state index contributed by atoms with van der Waals surface area (Å²) >= 11 is 0. The van der Waals surface area contributed by atoms with Crippen LogP contribution in [-0.4, -0.2) is 24.2 Å². The summed E-state index contributed by atoms with van der Waals surface area (Å²) in [6.45, 7) is 2.13. The van der Waals surface area contributed by atoms with Gasteiger partial charge in [-0.1, -0.05) is 24.3 Å². The molecule has 1 aromatic rings. The first-order chi connectivity index (χ1) is 7.75. The Morgan fingerprint density at radius 2 is 2.12 bits per heavy atom. The van der Waals surface area contributed by atoms with Gasteiger partial charge < -0.3 is 10.4 Å². The van der Waals surface area contributed by atoms with E-state index >= 15 is 0 Å². The van der Waals surface area contributed by atoms with Crippen molar-refractivity contribution < 1.29 is 9.90 Å². The van der Waals surface area contributed by atoms with Crippen LogP contribution >= 0.6 is 0 Å². The van der Waals surface area contributed by atoms with Gasteiger partial charge in [0.05, 0.1) is 6.42 Å². The second-order valence-corrected chi connectivity index (χ2v) is 4.34. The first kappa shape index (κ1) is 11.1. The maximum absolute atomic E-state index is 10.6. The van der Waals surface area contributed by atoms with E-state index in [0.717, 1.165) is 31.5 Å². The van der Waals surface area contributed by atoms with E-state index in [9.17, 15) is 4.79 Å². The highest BCUT2D eigenvalue weighted by atomic mass is 16.4. The molecule has 0 atom stereocenters. The van der Waals surface area contributed by atoms with Crippen LogP contribution in [0.1, 0.15) is 29.9 Å². The summed E-state index contributed by atoms with van der Waals surface area (Å²) < 4.78 is 0. The van der Waals surface area contributed by atoms with Crippen molar-refractivity contribution in [3.63, 3.8) is 0 Å². The number of rotatable bonds is 3. The largest absolute Gasteiger partial charge is 0.481 e. The van der Waals surface area contributed by atoms with Gasteiger partial charge in [-0.2, -0.15) is 0 Å². The highest BCUT2D eigenvalue weighted by Crippen LogP contribution is 2.25. The fourth-order valence-corrected chi connectivity index (χ4v) is 2.29. The zero-order chi connectivity index (χ0) is 11.4. The predicted molar refractivity (Wildman–Crippen MR) is 62.6 cm³/mol. The van der Waals surface area contributed by atoms with Crippen LogP contribution in [0.4, 0.5) is 0 Å². The van der Waals surface area contributed by atoms with Crippen LogP contribution in [0.15, 0.2) is 24.3 Å². The van der Waals surface area contributed by atoms with Gasteiger partial charge in [0.1, 0.15) is 0 Å². The molecule has 0 saturated carbocycles. The van der Waals surface area contributed by atoms with Crippen molar-refractivity contribution in [2.24, 2.45) is 0 Å². The third-order valence-corrected chi connectivity index (χ3v) is 3.12. The van der Waals surface area contributed by atoms with E-state index in [4.69, 9.17) is 5.11 Å². The Morgan fingerprint density at radius 3 is 2.81 bits per heavy atom. The average molecular weight is 219 g/mol. The van der Waals surface area contributed by atoms with Gasteiger partial charge in [0, 0.05) is 0 Å². The van der Waals surface area contributed by atoms with Crippen LogP contribution in [0.25, 0.3) is 0 Å². The first-order valence-electron chi connectivity index (χ1n) is 5.77. The van der Waals surface area contributed by atoms with Crippen molar-refractivity contribution in [2.75, 3.05) is 13.1 Å². The lowest BCUT2D eigenvalue weighted by Crippen LogP contribution is -2.26. The minimum Gasteiger partial charge on any atom is -0.481 e. The van der Waals surface area contributed by atoms with Gasteiger partial charge in [-0.15, -0.1) is 0 Å². The topological polar surface area (TPSA) is 49.3 Å². The number of hydrogen-bond acceptors (Lipinski definition) is 2. The van der Waals surface area contributed by atoms with E-state index in [1.165, 1.54) is 5.56 Å². The average Bonchev–Trinajstić information content (AvgIpc) is 2.30. The van der Waals surface area contributed by atoms with Gasteiger partial charge >= 0.3 is 5.97 Å². The van der Waals surface area contributed by atoms with E-state index in [-0.39, 0.29) is 6.42 Å². The number of carboxylic acids is 1. The molecule has 0 amide bonds.